The summed E-state index contributed by atoms with van der Waals surface area (Å²) in [5.41, 5.74) is 0.431. The summed E-state index contributed by atoms with van der Waals surface area (Å²) in [5.74, 6) is -0.390. The number of hydrogen-bond acceptors (Lipinski definition) is 3. The van der Waals surface area contributed by atoms with Gasteiger partial charge in [-0.2, -0.15) is 0 Å². The molecular formula is C14H23NO3. The summed E-state index contributed by atoms with van der Waals surface area (Å²) in [6.45, 7) is 9.88. The lowest BCUT2D eigenvalue weighted by Crippen LogP contribution is -2.43. The predicted octanol–water partition coefficient (Wildman–Crippen LogP) is 2.29. The Hall–Kier alpha value is -1.32. The van der Waals surface area contributed by atoms with E-state index in [-0.39, 0.29) is 11.9 Å². The van der Waals surface area contributed by atoms with E-state index in [1.807, 2.05) is 34.6 Å². The summed E-state index contributed by atoms with van der Waals surface area (Å²) in [4.78, 5) is 25.6. The van der Waals surface area contributed by atoms with Gasteiger partial charge in [-0.3, -0.25) is 4.79 Å². The average molecular weight is 253 g/mol. The molecule has 1 rings (SSSR count). The summed E-state index contributed by atoms with van der Waals surface area (Å²) in [5, 5.41) is 0. The molecule has 1 heterocycles. The zero-order valence-electron chi connectivity index (χ0n) is 11.9. The van der Waals surface area contributed by atoms with Crippen LogP contribution in [0.2, 0.25) is 0 Å². The summed E-state index contributed by atoms with van der Waals surface area (Å²) in [6, 6.07) is -0.424. The Labute approximate surface area is 109 Å². The molecule has 1 amide bonds. The molecule has 0 aromatic heterocycles. The van der Waals surface area contributed by atoms with Crippen LogP contribution in [0.5, 0.6) is 0 Å². The van der Waals surface area contributed by atoms with Crippen LogP contribution in [0, 0.1) is 0 Å². The number of ether oxygens (including phenoxy) is 1. The SMILES string of the molecule is CC(C)=CC(=O)N1CCC[C@H]1C(=O)OC(C)(C)C. The van der Waals surface area contributed by atoms with Crippen LogP contribution in [0.1, 0.15) is 47.5 Å². The minimum atomic E-state index is -0.509. The van der Waals surface area contributed by atoms with Crippen molar-refractivity contribution in [3.05, 3.63) is 11.6 Å². The van der Waals surface area contributed by atoms with Crippen LogP contribution in [-0.2, 0) is 14.3 Å². The first kappa shape index (κ1) is 14.7. The Kier molecular flexibility index (Phi) is 4.54. The van der Waals surface area contributed by atoms with Gasteiger partial charge in [-0.25, -0.2) is 4.79 Å². The van der Waals surface area contributed by atoms with Gasteiger partial charge in [-0.05, 0) is 47.5 Å². The summed E-state index contributed by atoms with van der Waals surface area (Å²) >= 11 is 0. The highest BCUT2D eigenvalue weighted by Crippen LogP contribution is 2.21. The van der Waals surface area contributed by atoms with Gasteiger partial charge in [0.25, 0.3) is 0 Å². The number of nitrogens with zero attached hydrogens (tertiary/aromatic N) is 1. The number of hydrogen-bond donors (Lipinski definition) is 0. The fraction of sp³-hybridized carbons (Fsp3) is 0.714. The molecule has 1 fully saturated rings. The Bertz CT molecular complexity index is 362. The van der Waals surface area contributed by atoms with Gasteiger partial charge < -0.3 is 9.64 Å². The van der Waals surface area contributed by atoms with Crippen LogP contribution in [0.25, 0.3) is 0 Å². The third-order valence-electron chi connectivity index (χ3n) is 2.63. The van der Waals surface area contributed by atoms with E-state index in [1.54, 1.807) is 11.0 Å². The highest BCUT2D eigenvalue weighted by molar-refractivity contribution is 5.92. The quantitative estimate of drug-likeness (QED) is 0.560. The molecule has 1 aliphatic rings. The van der Waals surface area contributed by atoms with Crippen LogP contribution in [-0.4, -0.2) is 35.0 Å². The summed E-state index contributed by atoms with van der Waals surface area (Å²) < 4.78 is 5.35. The van der Waals surface area contributed by atoms with Gasteiger partial charge in [0, 0.05) is 12.6 Å². The van der Waals surface area contributed by atoms with E-state index < -0.39 is 11.6 Å². The van der Waals surface area contributed by atoms with Crippen molar-refractivity contribution in [3.8, 4) is 0 Å². The minimum absolute atomic E-state index is 0.0941. The second-order valence-electron chi connectivity index (χ2n) is 5.94. The zero-order valence-corrected chi connectivity index (χ0v) is 11.9. The van der Waals surface area contributed by atoms with Gasteiger partial charge in [0.2, 0.25) is 5.91 Å². The number of carbonyl (C=O) groups excluding carboxylic acids is 2. The second-order valence-corrected chi connectivity index (χ2v) is 5.94. The van der Waals surface area contributed by atoms with Gasteiger partial charge >= 0.3 is 5.97 Å². The topological polar surface area (TPSA) is 46.6 Å². The summed E-state index contributed by atoms with van der Waals surface area (Å²) in [6.07, 6.45) is 3.12. The standard InChI is InChI=1S/C14H23NO3/c1-10(2)9-12(16)15-8-6-7-11(15)13(17)18-14(3,4)5/h9,11H,6-8H2,1-5H3/t11-/m0/s1. The molecule has 18 heavy (non-hydrogen) atoms. The summed E-state index contributed by atoms with van der Waals surface area (Å²) in [7, 11) is 0. The molecule has 0 spiro atoms. The van der Waals surface area contributed by atoms with Gasteiger partial charge in [0.15, 0.2) is 0 Å². The molecule has 102 valence electrons. The molecule has 0 N–H and O–H groups in total. The minimum Gasteiger partial charge on any atom is -0.458 e. The number of likely N-dealkylation sites (tertiary alicyclic amines) is 1. The first-order valence-corrected chi connectivity index (χ1v) is 6.39. The van der Waals surface area contributed by atoms with E-state index >= 15 is 0 Å². The fourth-order valence-electron chi connectivity index (χ4n) is 1.98. The largest absolute Gasteiger partial charge is 0.458 e. The number of amides is 1. The van der Waals surface area contributed by atoms with E-state index in [2.05, 4.69) is 0 Å². The number of allylic oxidation sites excluding steroid dienone is 1. The van der Waals surface area contributed by atoms with Crippen molar-refractivity contribution >= 4 is 11.9 Å². The van der Waals surface area contributed by atoms with Gasteiger partial charge in [0.05, 0.1) is 0 Å². The molecule has 4 nitrogen and oxygen atoms in total. The highest BCUT2D eigenvalue weighted by Gasteiger charge is 2.36. The van der Waals surface area contributed by atoms with Gasteiger partial charge in [0.1, 0.15) is 11.6 Å². The molecule has 1 aliphatic heterocycles. The highest BCUT2D eigenvalue weighted by atomic mass is 16.6. The molecule has 1 atom stereocenters. The van der Waals surface area contributed by atoms with E-state index in [4.69, 9.17) is 4.74 Å². The lowest BCUT2D eigenvalue weighted by Gasteiger charge is -2.26. The maximum atomic E-state index is 12.0. The fourth-order valence-corrected chi connectivity index (χ4v) is 1.98. The van der Waals surface area contributed by atoms with Crippen molar-refractivity contribution in [3.63, 3.8) is 0 Å². The Morgan fingerprint density at radius 1 is 1.28 bits per heavy atom. The van der Waals surface area contributed by atoms with E-state index in [0.717, 1.165) is 12.0 Å². The monoisotopic (exact) mass is 253 g/mol. The van der Waals surface area contributed by atoms with Crippen molar-refractivity contribution in [2.45, 2.75) is 59.1 Å². The van der Waals surface area contributed by atoms with Crippen molar-refractivity contribution < 1.29 is 14.3 Å². The van der Waals surface area contributed by atoms with Crippen LogP contribution >= 0.6 is 0 Å². The van der Waals surface area contributed by atoms with Crippen LogP contribution in [0.3, 0.4) is 0 Å². The van der Waals surface area contributed by atoms with Gasteiger partial charge in [-0.15, -0.1) is 0 Å². The lowest BCUT2D eigenvalue weighted by atomic mass is 10.1. The number of carbonyl (C=O) groups is 2. The van der Waals surface area contributed by atoms with Crippen molar-refractivity contribution in [2.24, 2.45) is 0 Å². The van der Waals surface area contributed by atoms with Gasteiger partial charge in [-0.1, -0.05) is 5.57 Å². The zero-order chi connectivity index (χ0) is 13.9. The molecule has 0 unspecified atom stereocenters. The number of rotatable bonds is 2. The normalized spacial score (nSPS) is 19.6. The second kappa shape index (κ2) is 5.55. The Balaban J connectivity index is 2.74. The smallest absolute Gasteiger partial charge is 0.329 e. The van der Waals surface area contributed by atoms with E-state index in [1.165, 1.54) is 0 Å². The molecule has 4 heteroatoms. The van der Waals surface area contributed by atoms with E-state index in [9.17, 15) is 9.59 Å². The molecule has 0 radical (unpaired) electrons. The lowest BCUT2D eigenvalue weighted by molar-refractivity contribution is -0.162. The molecule has 0 aromatic rings. The molecular weight excluding hydrogens is 230 g/mol. The first-order chi connectivity index (χ1) is 8.20. The Morgan fingerprint density at radius 2 is 1.89 bits per heavy atom. The van der Waals surface area contributed by atoms with Crippen molar-refractivity contribution in [1.29, 1.82) is 0 Å². The van der Waals surface area contributed by atoms with Crippen molar-refractivity contribution in [2.75, 3.05) is 6.54 Å². The molecule has 0 aliphatic carbocycles. The van der Waals surface area contributed by atoms with Crippen LogP contribution in [0.4, 0.5) is 0 Å². The maximum absolute atomic E-state index is 12.0. The third kappa shape index (κ3) is 4.17. The van der Waals surface area contributed by atoms with Crippen molar-refractivity contribution in [1.82, 2.24) is 4.90 Å². The Morgan fingerprint density at radius 3 is 2.39 bits per heavy atom. The average Bonchev–Trinajstić information content (AvgIpc) is 2.61. The van der Waals surface area contributed by atoms with E-state index in [0.29, 0.717) is 13.0 Å². The number of esters is 1. The molecule has 0 bridgehead atoms. The first-order valence-electron chi connectivity index (χ1n) is 6.39. The maximum Gasteiger partial charge on any atom is 0.329 e. The van der Waals surface area contributed by atoms with Crippen LogP contribution in [0.15, 0.2) is 11.6 Å². The van der Waals surface area contributed by atoms with Crippen LogP contribution < -0.4 is 0 Å². The molecule has 0 aromatic carbocycles. The molecule has 0 saturated carbocycles. The predicted molar refractivity (Wildman–Crippen MR) is 70.0 cm³/mol. The molecule has 1 saturated heterocycles. The third-order valence-corrected chi connectivity index (χ3v) is 2.63.